The molecule has 0 spiro atoms. The van der Waals surface area contributed by atoms with E-state index in [-0.39, 0.29) is 34.2 Å². The number of benzene rings is 1. The maximum absolute atomic E-state index is 13.2. The summed E-state index contributed by atoms with van der Waals surface area (Å²) in [7, 11) is 0. The average molecular weight is 398 g/mol. The topological polar surface area (TPSA) is 66.6 Å². The quantitative estimate of drug-likeness (QED) is 0.702. The third kappa shape index (κ3) is 3.91. The van der Waals surface area contributed by atoms with E-state index in [1.165, 1.54) is 17.5 Å². The molecular formula is C18H15ClF3N3O2. The zero-order valence-corrected chi connectivity index (χ0v) is 14.8. The van der Waals surface area contributed by atoms with Gasteiger partial charge in [0.15, 0.2) is 0 Å². The van der Waals surface area contributed by atoms with Crippen LogP contribution in [0.2, 0.25) is 5.02 Å². The van der Waals surface area contributed by atoms with Gasteiger partial charge in [0.2, 0.25) is 5.95 Å². The van der Waals surface area contributed by atoms with Crippen LogP contribution in [0, 0.1) is 0 Å². The van der Waals surface area contributed by atoms with Crippen LogP contribution in [0.3, 0.4) is 0 Å². The summed E-state index contributed by atoms with van der Waals surface area (Å²) in [5, 5.41) is 12.4. The van der Waals surface area contributed by atoms with Crippen molar-refractivity contribution in [3.63, 3.8) is 0 Å². The minimum Gasteiger partial charge on any atom is -0.392 e. The van der Waals surface area contributed by atoms with Gasteiger partial charge in [-0.15, -0.1) is 0 Å². The second-order valence-electron chi connectivity index (χ2n) is 5.99. The number of hydrogen-bond acceptors (Lipinski definition) is 4. The van der Waals surface area contributed by atoms with Crippen LogP contribution in [-0.2, 0) is 6.18 Å². The summed E-state index contributed by atoms with van der Waals surface area (Å²) in [6.45, 7) is 1.60. The predicted octanol–water partition coefficient (Wildman–Crippen LogP) is 3.83. The molecule has 1 aromatic carbocycles. The molecule has 2 N–H and O–H groups in total. The number of aliphatic hydroxyl groups is 1. The molecule has 2 aromatic heterocycles. The molecule has 0 aliphatic heterocycles. The zero-order chi connectivity index (χ0) is 19.8. The Morgan fingerprint density at radius 1 is 1.30 bits per heavy atom. The van der Waals surface area contributed by atoms with E-state index in [0.29, 0.717) is 0 Å². The van der Waals surface area contributed by atoms with Crippen molar-refractivity contribution in [3.8, 4) is 11.1 Å². The van der Waals surface area contributed by atoms with Crippen molar-refractivity contribution in [2.45, 2.75) is 19.2 Å². The fourth-order valence-corrected chi connectivity index (χ4v) is 2.88. The number of fused-ring (bicyclic) bond motifs is 1. The Morgan fingerprint density at radius 3 is 2.63 bits per heavy atom. The highest BCUT2D eigenvalue weighted by molar-refractivity contribution is 6.33. The molecule has 0 saturated carbocycles. The van der Waals surface area contributed by atoms with Crippen molar-refractivity contribution in [3.05, 3.63) is 63.5 Å². The highest BCUT2D eigenvalue weighted by Gasteiger charge is 2.31. The molecule has 0 bridgehead atoms. The second kappa shape index (κ2) is 7.21. The van der Waals surface area contributed by atoms with Gasteiger partial charge in [0.25, 0.3) is 5.56 Å². The first kappa shape index (κ1) is 19.2. The van der Waals surface area contributed by atoms with Crippen LogP contribution in [0.4, 0.5) is 19.1 Å². The van der Waals surface area contributed by atoms with Crippen LogP contribution in [0.5, 0.6) is 0 Å². The van der Waals surface area contributed by atoms with Gasteiger partial charge in [-0.1, -0.05) is 29.8 Å². The van der Waals surface area contributed by atoms with Gasteiger partial charge in [-0.2, -0.15) is 18.2 Å². The van der Waals surface area contributed by atoms with E-state index in [1.807, 2.05) is 0 Å². The lowest BCUT2D eigenvalue weighted by molar-refractivity contribution is -0.137. The fraction of sp³-hybridized carbons (Fsp3) is 0.222. The number of anilines is 1. The standard InChI is InChI=1S/C18H15ClF3N3O2/c1-10(26)9-23-17-24-16(27)15(12-4-2-3-5-13(12)19)14-8-11(18(20,21)22)6-7-25(14)17/h2-8,10,26H,9H2,1H3,(H,23,24,27)/t10-/m0/s1. The maximum Gasteiger partial charge on any atom is 0.416 e. The second-order valence-corrected chi connectivity index (χ2v) is 6.40. The lowest BCUT2D eigenvalue weighted by Crippen LogP contribution is -2.23. The monoisotopic (exact) mass is 397 g/mol. The SMILES string of the molecule is C[C@H](O)CNc1nc(=O)c(-c2ccccc2Cl)c2cc(C(F)(F)F)ccn12. The highest BCUT2D eigenvalue weighted by Crippen LogP contribution is 2.34. The summed E-state index contributed by atoms with van der Waals surface area (Å²) in [6.07, 6.45) is -4.14. The first-order chi connectivity index (χ1) is 12.7. The summed E-state index contributed by atoms with van der Waals surface area (Å²) in [6, 6.07) is 8.14. The first-order valence-electron chi connectivity index (χ1n) is 7.99. The molecule has 0 unspecified atom stereocenters. The number of nitrogens with zero attached hydrogens (tertiary/aromatic N) is 2. The van der Waals surface area contributed by atoms with E-state index in [2.05, 4.69) is 10.3 Å². The number of aromatic nitrogens is 2. The molecule has 0 fully saturated rings. The fourth-order valence-electron chi connectivity index (χ4n) is 2.65. The number of rotatable bonds is 4. The van der Waals surface area contributed by atoms with Crippen LogP contribution < -0.4 is 10.9 Å². The van der Waals surface area contributed by atoms with E-state index in [9.17, 15) is 23.1 Å². The van der Waals surface area contributed by atoms with Crippen molar-refractivity contribution in [1.29, 1.82) is 0 Å². The van der Waals surface area contributed by atoms with Crippen molar-refractivity contribution in [2.24, 2.45) is 0 Å². The van der Waals surface area contributed by atoms with Gasteiger partial charge >= 0.3 is 6.18 Å². The highest BCUT2D eigenvalue weighted by atomic mass is 35.5. The van der Waals surface area contributed by atoms with Crippen molar-refractivity contribution < 1.29 is 18.3 Å². The van der Waals surface area contributed by atoms with Crippen LogP contribution >= 0.6 is 11.6 Å². The number of nitrogens with one attached hydrogen (secondary N) is 1. The van der Waals surface area contributed by atoms with Gasteiger partial charge in [-0.3, -0.25) is 9.20 Å². The lowest BCUT2D eigenvalue weighted by Gasteiger charge is -2.16. The van der Waals surface area contributed by atoms with E-state index in [1.54, 1.807) is 24.3 Å². The van der Waals surface area contributed by atoms with Gasteiger partial charge in [-0.25, -0.2) is 0 Å². The maximum atomic E-state index is 13.2. The van der Waals surface area contributed by atoms with Gasteiger partial charge in [0, 0.05) is 23.3 Å². The lowest BCUT2D eigenvalue weighted by atomic mass is 10.0. The molecule has 3 aromatic rings. The number of pyridine rings is 1. The first-order valence-corrected chi connectivity index (χ1v) is 8.36. The van der Waals surface area contributed by atoms with Gasteiger partial charge in [-0.05, 0) is 25.1 Å². The summed E-state index contributed by atoms with van der Waals surface area (Å²) in [5.74, 6) is 0.0282. The van der Waals surface area contributed by atoms with E-state index >= 15 is 0 Å². The summed E-state index contributed by atoms with van der Waals surface area (Å²) < 4.78 is 41.0. The molecule has 142 valence electrons. The number of aliphatic hydroxyl groups excluding tert-OH is 1. The molecule has 2 heterocycles. The Kier molecular flexibility index (Phi) is 5.12. The molecule has 0 saturated heterocycles. The van der Waals surface area contributed by atoms with Crippen molar-refractivity contribution >= 4 is 23.1 Å². The number of halogens is 4. The molecule has 3 rings (SSSR count). The Labute approximate surface area is 157 Å². The minimum atomic E-state index is -4.58. The van der Waals surface area contributed by atoms with Crippen LogP contribution in [0.15, 0.2) is 47.4 Å². The van der Waals surface area contributed by atoms with E-state index < -0.39 is 23.4 Å². The smallest absolute Gasteiger partial charge is 0.392 e. The number of hydrogen-bond donors (Lipinski definition) is 2. The summed E-state index contributed by atoms with van der Waals surface area (Å²) >= 11 is 6.16. The van der Waals surface area contributed by atoms with Gasteiger partial charge in [0.05, 0.1) is 22.7 Å². The Balaban J connectivity index is 2.34. The summed E-state index contributed by atoms with van der Waals surface area (Å²) in [5.41, 5.74) is -1.37. The zero-order valence-electron chi connectivity index (χ0n) is 14.1. The molecule has 1 atom stereocenters. The largest absolute Gasteiger partial charge is 0.416 e. The summed E-state index contributed by atoms with van der Waals surface area (Å²) in [4.78, 5) is 16.6. The van der Waals surface area contributed by atoms with Gasteiger partial charge in [0.1, 0.15) is 0 Å². The van der Waals surface area contributed by atoms with Gasteiger partial charge < -0.3 is 10.4 Å². The third-order valence-electron chi connectivity index (χ3n) is 3.89. The normalized spacial score (nSPS) is 13.0. The molecule has 27 heavy (non-hydrogen) atoms. The average Bonchev–Trinajstić information content (AvgIpc) is 2.59. The minimum absolute atomic E-state index is 0.00557. The molecule has 0 aliphatic carbocycles. The Morgan fingerprint density at radius 2 is 2.00 bits per heavy atom. The van der Waals surface area contributed by atoms with Crippen molar-refractivity contribution in [1.82, 2.24) is 9.38 Å². The molecule has 0 radical (unpaired) electrons. The van der Waals surface area contributed by atoms with Crippen molar-refractivity contribution in [2.75, 3.05) is 11.9 Å². The number of alkyl halides is 3. The molecular weight excluding hydrogens is 383 g/mol. The van der Waals surface area contributed by atoms with Crippen LogP contribution in [0.1, 0.15) is 12.5 Å². The molecule has 5 nitrogen and oxygen atoms in total. The Bertz CT molecular complexity index is 1050. The molecule has 0 amide bonds. The van der Waals surface area contributed by atoms with E-state index in [0.717, 1.165) is 12.1 Å². The molecule has 0 aliphatic rings. The third-order valence-corrected chi connectivity index (χ3v) is 4.22. The van der Waals surface area contributed by atoms with Crippen LogP contribution in [-0.4, -0.2) is 27.1 Å². The Hall–Kier alpha value is -2.58. The van der Waals surface area contributed by atoms with E-state index in [4.69, 9.17) is 11.6 Å². The van der Waals surface area contributed by atoms with Crippen LogP contribution in [0.25, 0.3) is 16.6 Å². The predicted molar refractivity (Wildman–Crippen MR) is 97.1 cm³/mol. The molecule has 9 heteroatoms.